The van der Waals surface area contributed by atoms with Gasteiger partial charge in [0.2, 0.25) is 0 Å². The smallest absolute Gasteiger partial charge is 0.388 e. The monoisotopic (exact) mass is 242 g/mol. The van der Waals surface area contributed by atoms with Gasteiger partial charge in [-0.3, -0.25) is 0 Å². The van der Waals surface area contributed by atoms with Crippen LogP contribution in [0.1, 0.15) is 26.7 Å². The summed E-state index contributed by atoms with van der Waals surface area (Å²) in [5, 5.41) is 13.6. The highest BCUT2D eigenvalue weighted by atomic mass is 19.4. The van der Waals surface area contributed by atoms with E-state index in [1.54, 1.807) is 19.2 Å². The molecule has 0 aliphatic carbocycles. The number of carbonyl (C=O) groups excluding carboxylic acids is 1. The van der Waals surface area contributed by atoms with E-state index in [1.807, 2.05) is 0 Å². The van der Waals surface area contributed by atoms with Crippen molar-refractivity contribution in [2.24, 2.45) is 0 Å². The van der Waals surface area contributed by atoms with Gasteiger partial charge in [0.25, 0.3) is 0 Å². The minimum Gasteiger partial charge on any atom is -0.388 e. The van der Waals surface area contributed by atoms with E-state index >= 15 is 0 Å². The highest BCUT2D eigenvalue weighted by Crippen LogP contribution is 2.13. The van der Waals surface area contributed by atoms with E-state index in [2.05, 4.69) is 5.32 Å². The van der Waals surface area contributed by atoms with E-state index in [-0.39, 0.29) is 6.54 Å². The number of halogens is 3. The van der Waals surface area contributed by atoms with Crippen LogP contribution in [0, 0.1) is 0 Å². The molecule has 0 saturated carbocycles. The Morgan fingerprint density at radius 3 is 1.94 bits per heavy atom. The maximum Gasteiger partial charge on any atom is 0.405 e. The molecule has 0 saturated heterocycles. The third-order valence-electron chi connectivity index (χ3n) is 2.34. The molecule has 4 nitrogen and oxygen atoms in total. The molecule has 0 bridgehead atoms. The van der Waals surface area contributed by atoms with E-state index in [0.29, 0.717) is 12.8 Å². The van der Waals surface area contributed by atoms with Crippen molar-refractivity contribution in [3.8, 4) is 0 Å². The third kappa shape index (κ3) is 6.49. The first kappa shape index (κ1) is 15.0. The molecule has 0 aromatic carbocycles. The Kier molecular flexibility index (Phi) is 5.57. The number of aliphatic hydroxyl groups is 1. The van der Waals surface area contributed by atoms with Gasteiger partial charge >= 0.3 is 12.2 Å². The second kappa shape index (κ2) is 5.93. The predicted molar refractivity (Wildman–Crippen MR) is 53.0 cm³/mol. The fraction of sp³-hybridized carbons (Fsp3) is 0.889. The Bertz CT molecular complexity index is 227. The summed E-state index contributed by atoms with van der Waals surface area (Å²) >= 11 is 0. The lowest BCUT2D eigenvalue weighted by atomic mass is 9.98. The molecule has 0 aliphatic rings. The van der Waals surface area contributed by atoms with Crippen LogP contribution in [0.3, 0.4) is 0 Å². The Labute approximate surface area is 92.2 Å². The van der Waals surface area contributed by atoms with Crippen LogP contribution in [0.5, 0.6) is 0 Å². The first-order valence-corrected chi connectivity index (χ1v) is 5.03. The van der Waals surface area contributed by atoms with Crippen LogP contribution in [0.2, 0.25) is 0 Å². The number of amides is 2. The third-order valence-corrected chi connectivity index (χ3v) is 2.34. The molecule has 0 fully saturated rings. The first-order valence-electron chi connectivity index (χ1n) is 5.03. The average Bonchev–Trinajstić information content (AvgIpc) is 2.22. The number of hydrogen-bond acceptors (Lipinski definition) is 2. The summed E-state index contributed by atoms with van der Waals surface area (Å²) in [7, 11) is 0. The molecule has 0 spiro atoms. The van der Waals surface area contributed by atoms with Crippen molar-refractivity contribution in [2.45, 2.75) is 38.5 Å². The van der Waals surface area contributed by atoms with Gasteiger partial charge in [-0.25, -0.2) is 4.79 Å². The van der Waals surface area contributed by atoms with Crippen LogP contribution in [-0.4, -0.2) is 36.0 Å². The number of carbonyl (C=O) groups is 1. The van der Waals surface area contributed by atoms with Crippen LogP contribution >= 0.6 is 0 Å². The SMILES string of the molecule is CCC(O)(CC)CNC(=O)NCC(F)(F)F. The normalized spacial score (nSPS) is 12.4. The van der Waals surface area contributed by atoms with Crippen molar-refractivity contribution in [1.29, 1.82) is 0 Å². The van der Waals surface area contributed by atoms with Gasteiger partial charge in [-0.1, -0.05) is 13.8 Å². The van der Waals surface area contributed by atoms with E-state index in [4.69, 9.17) is 0 Å². The van der Waals surface area contributed by atoms with Gasteiger partial charge in [-0.05, 0) is 12.8 Å². The maximum atomic E-state index is 11.7. The zero-order chi connectivity index (χ0) is 12.8. The highest BCUT2D eigenvalue weighted by molar-refractivity contribution is 5.73. The van der Waals surface area contributed by atoms with Crippen LogP contribution in [-0.2, 0) is 0 Å². The minimum atomic E-state index is -4.43. The van der Waals surface area contributed by atoms with E-state index < -0.39 is 24.4 Å². The zero-order valence-electron chi connectivity index (χ0n) is 9.32. The molecule has 0 aromatic rings. The molecular formula is C9H17F3N2O2. The molecule has 0 heterocycles. The van der Waals surface area contributed by atoms with Gasteiger partial charge in [0, 0.05) is 6.54 Å². The molecule has 7 heteroatoms. The fourth-order valence-electron chi connectivity index (χ4n) is 0.988. The van der Waals surface area contributed by atoms with Gasteiger partial charge in [0.15, 0.2) is 0 Å². The topological polar surface area (TPSA) is 61.4 Å². The number of nitrogens with one attached hydrogen (secondary N) is 2. The van der Waals surface area contributed by atoms with Crippen molar-refractivity contribution in [2.75, 3.05) is 13.1 Å². The molecule has 0 rings (SSSR count). The summed E-state index contributed by atoms with van der Waals surface area (Å²) < 4.78 is 35.2. The standard InChI is InChI=1S/C9H17F3N2O2/c1-3-8(16,4-2)5-13-7(15)14-6-9(10,11)12/h16H,3-6H2,1-2H3,(H2,13,14,15). The van der Waals surface area contributed by atoms with Crippen molar-refractivity contribution in [3.63, 3.8) is 0 Å². The summed E-state index contributed by atoms with van der Waals surface area (Å²) in [5.74, 6) is 0. The molecule has 0 aliphatic heterocycles. The Morgan fingerprint density at radius 2 is 1.56 bits per heavy atom. The summed E-state index contributed by atoms with van der Waals surface area (Å²) in [4.78, 5) is 10.9. The molecule has 0 unspecified atom stereocenters. The number of urea groups is 1. The largest absolute Gasteiger partial charge is 0.405 e. The van der Waals surface area contributed by atoms with E-state index in [0.717, 1.165) is 0 Å². The van der Waals surface area contributed by atoms with Crippen molar-refractivity contribution in [1.82, 2.24) is 10.6 Å². The van der Waals surface area contributed by atoms with Gasteiger partial charge in [-0.2, -0.15) is 13.2 Å². The van der Waals surface area contributed by atoms with E-state index in [1.165, 1.54) is 0 Å². The lowest BCUT2D eigenvalue weighted by Gasteiger charge is -2.25. The Balaban J connectivity index is 3.90. The van der Waals surface area contributed by atoms with E-state index in [9.17, 15) is 23.1 Å². The molecule has 16 heavy (non-hydrogen) atoms. The van der Waals surface area contributed by atoms with Crippen LogP contribution in [0.4, 0.5) is 18.0 Å². The number of rotatable bonds is 5. The first-order chi connectivity index (χ1) is 7.22. The highest BCUT2D eigenvalue weighted by Gasteiger charge is 2.28. The second-order valence-electron chi connectivity index (χ2n) is 3.58. The predicted octanol–water partition coefficient (Wildman–Crippen LogP) is 1.40. The lowest BCUT2D eigenvalue weighted by Crippen LogP contribution is -2.47. The lowest BCUT2D eigenvalue weighted by molar-refractivity contribution is -0.122. The maximum absolute atomic E-state index is 11.7. The average molecular weight is 242 g/mol. The van der Waals surface area contributed by atoms with Crippen molar-refractivity contribution in [3.05, 3.63) is 0 Å². The fourth-order valence-corrected chi connectivity index (χ4v) is 0.988. The number of alkyl halides is 3. The summed E-state index contributed by atoms with van der Waals surface area (Å²) in [6, 6.07) is -0.933. The molecule has 0 aromatic heterocycles. The summed E-state index contributed by atoms with van der Waals surface area (Å²) in [6.45, 7) is 2.02. The Hall–Kier alpha value is -0.980. The molecular weight excluding hydrogens is 225 g/mol. The van der Waals surface area contributed by atoms with Crippen molar-refractivity contribution < 1.29 is 23.1 Å². The van der Waals surface area contributed by atoms with Crippen LogP contribution in [0.15, 0.2) is 0 Å². The Morgan fingerprint density at radius 1 is 1.12 bits per heavy atom. The van der Waals surface area contributed by atoms with Gasteiger partial charge in [-0.15, -0.1) is 0 Å². The molecule has 2 amide bonds. The van der Waals surface area contributed by atoms with Gasteiger partial charge in [0.1, 0.15) is 6.54 Å². The summed E-state index contributed by atoms with van der Waals surface area (Å²) in [5.41, 5.74) is -1.06. The zero-order valence-corrected chi connectivity index (χ0v) is 9.32. The summed E-state index contributed by atoms with van der Waals surface area (Å²) in [6.07, 6.45) is -3.59. The molecule has 0 atom stereocenters. The van der Waals surface area contributed by atoms with Crippen molar-refractivity contribution >= 4 is 6.03 Å². The molecule has 0 radical (unpaired) electrons. The molecule has 96 valence electrons. The quantitative estimate of drug-likeness (QED) is 0.682. The number of hydrogen-bond donors (Lipinski definition) is 3. The molecule has 3 N–H and O–H groups in total. The minimum absolute atomic E-state index is 0.0658. The second-order valence-corrected chi connectivity index (χ2v) is 3.58. The van der Waals surface area contributed by atoms with Gasteiger partial charge in [0.05, 0.1) is 5.60 Å². The van der Waals surface area contributed by atoms with Gasteiger partial charge < -0.3 is 15.7 Å². The van der Waals surface area contributed by atoms with Crippen LogP contribution < -0.4 is 10.6 Å². The van der Waals surface area contributed by atoms with Crippen LogP contribution in [0.25, 0.3) is 0 Å².